The summed E-state index contributed by atoms with van der Waals surface area (Å²) >= 11 is 11.9. The Bertz CT molecular complexity index is 483. The van der Waals surface area contributed by atoms with Crippen molar-refractivity contribution < 1.29 is 4.79 Å². The number of carbonyl (C=O) groups is 1. The summed E-state index contributed by atoms with van der Waals surface area (Å²) < 4.78 is 0. The van der Waals surface area contributed by atoms with Gasteiger partial charge in [-0.25, -0.2) is 0 Å². The quantitative estimate of drug-likeness (QED) is 0.920. The molecule has 0 fully saturated rings. The second-order valence-corrected chi connectivity index (χ2v) is 6.76. The van der Waals surface area contributed by atoms with Gasteiger partial charge in [-0.1, -0.05) is 50.0 Å². The zero-order valence-corrected chi connectivity index (χ0v) is 13.9. The second-order valence-electron chi connectivity index (χ2n) is 5.94. The summed E-state index contributed by atoms with van der Waals surface area (Å²) in [6.07, 6.45) is 0. The number of halogens is 2. The summed E-state index contributed by atoms with van der Waals surface area (Å²) in [5.41, 5.74) is 6.72. The fourth-order valence-electron chi connectivity index (χ4n) is 1.77. The Hall–Kier alpha value is -0.770. The van der Waals surface area contributed by atoms with Gasteiger partial charge in [0.15, 0.2) is 0 Å². The molecule has 1 amide bonds. The summed E-state index contributed by atoms with van der Waals surface area (Å²) in [5.74, 6) is -0.0499. The topological polar surface area (TPSA) is 46.3 Å². The molecule has 0 aliphatic rings. The van der Waals surface area contributed by atoms with Crippen LogP contribution in [0.3, 0.4) is 0 Å². The van der Waals surface area contributed by atoms with Gasteiger partial charge >= 0.3 is 0 Å². The van der Waals surface area contributed by atoms with Gasteiger partial charge in [0, 0.05) is 13.1 Å². The van der Waals surface area contributed by atoms with Crippen molar-refractivity contribution in [3.05, 3.63) is 33.8 Å². The summed E-state index contributed by atoms with van der Waals surface area (Å²) in [6.45, 7) is 8.90. The molecule has 0 aromatic heterocycles. The van der Waals surface area contributed by atoms with E-state index in [2.05, 4.69) is 0 Å². The molecule has 112 valence electrons. The molecule has 2 N–H and O–H groups in total. The molecule has 0 aliphatic heterocycles. The Morgan fingerprint density at radius 1 is 1.30 bits per heavy atom. The van der Waals surface area contributed by atoms with Crippen LogP contribution in [0.25, 0.3) is 0 Å². The van der Waals surface area contributed by atoms with Gasteiger partial charge in [0.05, 0.1) is 16.1 Å². The first-order valence-corrected chi connectivity index (χ1v) is 7.40. The fraction of sp³-hybridized carbons (Fsp3) is 0.533. The van der Waals surface area contributed by atoms with E-state index in [1.165, 1.54) is 0 Å². The first-order chi connectivity index (χ1) is 9.16. The number of amides is 1. The highest BCUT2D eigenvalue weighted by molar-refractivity contribution is 6.42. The van der Waals surface area contributed by atoms with E-state index in [1.54, 1.807) is 17.0 Å². The van der Waals surface area contributed by atoms with Crippen LogP contribution in [0.5, 0.6) is 0 Å². The molecule has 1 atom stereocenters. The van der Waals surface area contributed by atoms with E-state index in [9.17, 15) is 4.79 Å². The van der Waals surface area contributed by atoms with E-state index in [4.69, 9.17) is 28.9 Å². The largest absolute Gasteiger partial charge is 0.337 e. The van der Waals surface area contributed by atoms with E-state index < -0.39 is 6.04 Å². The highest BCUT2D eigenvalue weighted by atomic mass is 35.5. The maximum absolute atomic E-state index is 12.4. The molecule has 0 saturated heterocycles. The van der Waals surface area contributed by atoms with Crippen LogP contribution in [-0.4, -0.2) is 23.4 Å². The summed E-state index contributed by atoms with van der Waals surface area (Å²) in [7, 11) is 0. The lowest BCUT2D eigenvalue weighted by molar-refractivity contribution is -0.135. The molecule has 1 aromatic carbocycles. The summed E-state index contributed by atoms with van der Waals surface area (Å²) in [6, 6.07) is 4.86. The Labute approximate surface area is 131 Å². The van der Waals surface area contributed by atoms with Gasteiger partial charge in [-0.3, -0.25) is 4.79 Å². The van der Waals surface area contributed by atoms with Crippen molar-refractivity contribution in [2.45, 2.75) is 40.3 Å². The first-order valence-electron chi connectivity index (χ1n) is 6.65. The Balaban J connectivity index is 2.86. The lowest BCUT2D eigenvalue weighted by Crippen LogP contribution is -2.50. The number of nitrogens with zero attached hydrogens (tertiary/aromatic N) is 1. The van der Waals surface area contributed by atoms with Crippen LogP contribution in [0.4, 0.5) is 0 Å². The van der Waals surface area contributed by atoms with Crippen molar-refractivity contribution in [1.82, 2.24) is 4.90 Å². The van der Waals surface area contributed by atoms with E-state index >= 15 is 0 Å². The van der Waals surface area contributed by atoms with Gasteiger partial charge in [-0.2, -0.15) is 0 Å². The van der Waals surface area contributed by atoms with Crippen LogP contribution in [0.15, 0.2) is 18.2 Å². The molecular weight excluding hydrogens is 295 g/mol. The third-order valence-electron chi connectivity index (χ3n) is 3.25. The van der Waals surface area contributed by atoms with Gasteiger partial charge in [-0.15, -0.1) is 0 Å². The smallest absolute Gasteiger partial charge is 0.240 e. The number of hydrogen-bond acceptors (Lipinski definition) is 2. The molecule has 0 bridgehead atoms. The molecule has 1 aromatic rings. The third-order valence-corrected chi connectivity index (χ3v) is 3.99. The molecule has 0 aliphatic carbocycles. The molecule has 0 radical (unpaired) electrons. The van der Waals surface area contributed by atoms with Crippen LogP contribution >= 0.6 is 23.2 Å². The molecule has 3 nitrogen and oxygen atoms in total. The number of rotatable bonds is 4. The van der Waals surface area contributed by atoms with Crippen LogP contribution in [-0.2, 0) is 11.3 Å². The zero-order chi connectivity index (χ0) is 15.5. The molecule has 0 saturated carbocycles. The van der Waals surface area contributed by atoms with E-state index in [0.717, 1.165) is 5.56 Å². The maximum atomic E-state index is 12.4. The number of likely N-dealkylation sites (N-methyl/N-ethyl adjacent to an activating group) is 1. The zero-order valence-electron chi connectivity index (χ0n) is 12.4. The Morgan fingerprint density at radius 2 is 1.90 bits per heavy atom. The van der Waals surface area contributed by atoms with Crippen molar-refractivity contribution in [3.63, 3.8) is 0 Å². The maximum Gasteiger partial charge on any atom is 0.240 e. The molecule has 0 spiro atoms. The van der Waals surface area contributed by atoms with Crippen LogP contribution in [0, 0.1) is 5.41 Å². The van der Waals surface area contributed by atoms with Crippen molar-refractivity contribution in [3.8, 4) is 0 Å². The van der Waals surface area contributed by atoms with Crippen LogP contribution in [0.2, 0.25) is 10.0 Å². The van der Waals surface area contributed by atoms with Gasteiger partial charge in [0.2, 0.25) is 5.91 Å². The number of nitrogens with two attached hydrogens (primary N) is 1. The second kappa shape index (κ2) is 6.79. The minimum absolute atomic E-state index is 0.0499. The van der Waals surface area contributed by atoms with Gasteiger partial charge in [0.1, 0.15) is 0 Å². The molecule has 1 rings (SSSR count). The minimum Gasteiger partial charge on any atom is -0.337 e. The standard InChI is InChI=1S/C15H22Cl2N2O/c1-5-19(14(20)13(18)15(2,3)4)9-10-6-7-11(16)12(17)8-10/h6-8,13H,5,9,18H2,1-4H3/t13-/m1/s1. The average Bonchev–Trinajstić information content (AvgIpc) is 2.37. The third kappa shape index (κ3) is 4.37. The van der Waals surface area contributed by atoms with Gasteiger partial charge in [-0.05, 0) is 30.0 Å². The minimum atomic E-state index is -0.523. The van der Waals surface area contributed by atoms with Gasteiger partial charge < -0.3 is 10.6 Å². The van der Waals surface area contributed by atoms with Crippen molar-refractivity contribution in [2.75, 3.05) is 6.54 Å². The fourth-order valence-corrected chi connectivity index (χ4v) is 2.09. The average molecular weight is 317 g/mol. The van der Waals surface area contributed by atoms with Gasteiger partial charge in [0.25, 0.3) is 0 Å². The van der Waals surface area contributed by atoms with E-state index in [1.807, 2.05) is 33.8 Å². The first kappa shape index (κ1) is 17.3. The molecule has 0 unspecified atom stereocenters. The lowest BCUT2D eigenvalue weighted by Gasteiger charge is -2.31. The van der Waals surface area contributed by atoms with Crippen molar-refractivity contribution in [2.24, 2.45) is 11.1 Å². The lowest BCUT2D eigenvalue weighted by atomic mass is 9.86. The molecule has 5 heteroatoms. The highest BCUT2D eigenvalue weighted by Gasteiger charge is 2.30. The van der Waals surface area contributed by atoms with Crippen LogP contribution in [0.1, 0.15) is 33.3 Å². The van der Waals surface area contributed by atoms with Crippen molar-refractivity contribution >= 4 is 29.1 Å². The predicted molar refractivity (Wildman–Crippen MR) is 85.0 cm³/mol. The predicted octanol–water partition coefficient (Wildman–Crippen LogP) is 3.72. The number of hydrogen-bond donors (Lipinski definition) is 1. The number of carbonyl (C=O) groups excluding carboxylic acids is 1. The monoisotopic (exact) mass is 316 g/mol. The normalized spacial score (nSPS) is 13.2. The Kier molecular flexibility index (Phi) is 5.87. The highest BCUT2D eigenvalue weighted by Crippen LogP contribution is 2.24. The number of benzene rings is 1. The summed E-state index contributed by atoms with van der Waals surface area (Å²) in [4.78, 5) is 14.2. The Morgan fingerprint density at radius 3 is 2.35 bits per heavy atom. The molecular formula is C15H22Cl2N2O. The molecule has 0 heterocycles. The molecule has 20 heavy (non-hydrogen) atoms. The van der Waals surface area contributed by atoms with E-state index in [0.29, 0.717) is 23.1 Å². The van der Waals surface area contributed by atoms with E-state index in [-0.39, 0.29) is 11.3 Å². The SMILES string of the molecule is CCN(Cc1ccc(Cl)c(Cl)c1)C(=O)[C@@H](N)C(C)(C)C. The van der Waals surface area contributed by atoms with Crippen molar-refractivity contribution in [1.29, 1.82) is 0 Å². The van der Waals surface area contributed by atoms with Crippen LogP contribution < -0.4 is 5.73 Å². The summed E-state index contributed by atoms with van der Waals surface area (Å²) in [5, 5.41) is 1.00.